The third kappa shape index (κ3) is 7.98. The summed E-state index contributed by atoms with van der Waals surface area (Å²) in [6.45, 7) is 5.35. The smallest absolute Gasteiger partial charge is 0.406 e. The summed E-state index contributed by atoms with van der Waals surface area (Å²) in [4.78, 5) is 6.67. The van der Waals surface area contributed by atoms with E-state index in [9.17, 15) is 13.2 Å². The van der Waals surface area contributed by atoms with E-state index < -0.39 is 6.36 Å². The van der Waals surface area contributed by atoms with Gasteiger partial charge >= 0.3 is 6.36 Å². The molecule has 0 spiro atoms. The van der Waals surface area contributed by atoms with Crippen LogP contribution in [0.5, 0.6) is 5.75 Å². The number of likely N-dealkylation sites (tertiary alicyclic amines) is 1. The zero-order chi connectivity index (χ0) is 18.3. The van der Waals surface area contributed by atoms with Gasteiger partial charge in [0, 0.05) is 12.6 Å². The minimum absolute atomic E-state index is 0. The van der Waals surface area contributed by atoms with E-state index in [0.717, 1.165) is 31.6 Å². The number of likely N-dealkylation sites (N-methyl/N-ethyl adjacent to an activating group) is 1. The lowest BCUT2D eigenvalue weighted by Crippen LogP contribution is -2.47. The van der Waals surface area contributed by atoms with Gasteiger partial charge in [-0.15, -0.1) is 37.1 Å². The van der Waals surface area contributed by atoms with Crippen LogP contribution in [0.15, 0.2) is 29.3 Å². The minimum atomic E-state index is -4.68. The lowest BCUT2D eigenvalue weighted by atomic mass is 10.0. The number of hydrogen-bond donors (Lipinski definition) is 2. The highest BCUT2D eigenvalue weighted by Crippen LogP contribution is 2.22. The average molecular weight is 486 g/mol. The molecule has 0 aromatic heterocycles. The Morgan fingerprint density at radius 2 is 2.00 bits per heavy atom. The summed E-state index contributed by atoms with van der Waals surface area (Å²) in [5.74, 6) is 0.0977. The second-order valence-electron chi connectivity index (χ2n) is 6.05. The first kappa shape index (κ1) is 22.8. The Balaban J connectivity index is 0.00000338. The number of ether oxygens (including phenoxy) is 1. The third-order valence-corrected chi connectivity index (χ3v) is 4.26. The third-order valence-electron chi connectivity index (χ3n) is 4.26. The van der Waals surface area contributed by atoms with Gasteiger partial charge in [0.05, 0.1) is 6.54 Å². The van der Waals surface area contributed by atoms with Crippen LogP contribution in [0.2, 0.25) is 0 Å². The van der Waals surface area contributed by atoms with Gasteiger partial charge in [-0.3, -0.25) is 4.90 Å². The van der Waals surface area contributed by atoms with Gasteiger partial charge in [0.15, 0.2) is 5.96 Å². The maximum Gasteiger partial charge on any atom is 0.573 e. The Hall–Kier alpha value is -1.23. The molecule has 0 saturated carbocycles. The second kappa shape index (κ2) is 10.8. The highest BCUT2D eigenvalue weighted by molar-refractivity contribution is 14.0. The maximum atomic E-state index is 12.1. The SMILES string of the molecule is CCN1CCCCC1CNC(N)=NCc1ccc(OC(F)(F)F)cc1.I. The number of halogens is 4. The maximum absolute atomic E-state index is 12.1. The Morgan fingerprint density at radius 1 is 1.31 bits per heavy atom. The van der Waals surface area contributed by atoms with Crippen LogP contribution in [-0.4, -0.2) is 42.9 Å². The molecule has 1 atom stereocenters. The minimum Gasteiger partial charge on any atom is -0.406 e. The molecule has 0 radical (unpaired) electrons. The van der Waals surface area contributed by atoms with Crippen LogP contribution in [0, 0.1) is 0 Å². The van der Waals surface area contributed by atoms with E-state index in [1.807, 2.05) is 0 Å². The summed E-state index contributed by atoms with van der Waals surface area (Å²) in [6, 6.07) is 6.08. The van der Waals surface area contributed by atoms with Gasteiger partial charge in [-0.1, -0.05) is 25.5 Å². The van der Waals surface area contributed by atoms with Crippen LogP contribution in [0.3, 0.4) is 0 Å². The molecule has 1 aliphatic rings. The van der Waals surface area contributed by atoms with Crippen molar-refractivity contribution in [1.82, 2.24) is 10.2 Å². The van der Waals surface area contributed by atoms with Gasteiger partial charge in [0.2, 0.25) is 0 Å². The number of nitrogens with zero attached hydrogens (tertiary/aromatic N) is 2. The summed E-state index contributed by atoms with van der Waals surface area (Å²) in [7, 11) is 0. The molecule has 1 aliphatic heterocycles. The number of alkyl halides is 3. The van der Waals surface area contributed by atoms with Crippen LogP contribution in [0.25, 0.3) is 0 Å². The number of nitrogens with one attached hydrogen (secondary N) is 1. The molecule has 0 aliphatic carbocycles. The fourth-order valence-electron chi connectivity index (χ4n) is 2.96. The Bertz CT molecular complexity index is 566. The molecule has 1 unspecified atom stereocenters. The van der Waals surface area contributed by atoms with Crippen LogP contribution in [0.4, 0.5) is 13.2 Å². The van der Waals surface area contributed by atoms with Crippen LogP contribution in [0.1, 0.15) is 31.7 Å². The Morgan fingerprint density at radius 3 is 2.62 bits per heavy atom. The molecular formula is C17H26F3IN4O. The first-order valence-corrected chi connectivity index (χ1v) is 8.50. The second-order valence-corrected chi connectivity index (χ2v) is 6.05. The Kier molecular flexibility index (Phi) is 9.48. The van der Waals surface area contributed by atoms with Crippen molar-refractivity contribution in [3.8, 4) is 5.75 Å². The van der Waals surface area contributed by atoms with Crippen LogP contribution < -0.4 is 15.8 Å². The fourth-order valence-corrected chi connectivity index (χ4v) is 2.96. The molecular weight excluding hydrogens is 460 g/mol. The average Bonchev–Trinajstić information content (AvgIpc) is 2.58. The van der Waals surface area contributed by atoms with Gasteiger partial charge in [0.25, 0.3) is 0 Å². The quantitative estimate of drug-likeness (QED) is 0.367. The fraction of sp³-hybridized carbons (Fsp3) is 0.588. The number of aliphatic imine (C=N–C) groups is 1. The van der Waals surface area contributed by atoms with Crippen LogP contribution >= 0.6 is 24.0 Å². The molecule has 2 rings (SSSR count). The highest BCUT2D eigenvalue weighted by Gasteiger charge is 2.30. The number of hydrogen-bond acceptors (Lipinski definition) is 3. The molecule has 9 heteroatoms. The zero-order valence-corrected chi connectivity index (χ0v) is 17.1. The van der Waals surface area contributed by atoms with E-state index in [1.165, 1.54) is 37.1 Å². The van der Waals surface area contributed by atoms with Crippen molar-refractivity contribution in [3.63, 3.8) is 0 Å². The topological polar surface area (TPSA) is 62.9 Å². The van der Waals surface area contributed by atoms with E-state index in [2.05, 4.69) is 26.9 Å². The first-order valence-electron chi connectivity index (χ1n) is 8.50. The number of benzene rings is 1. The van der Waals surface area contributed by atoms with Gasteiger partial charge in [-0.25, -0.2) is 4.99 Å². The van der Waals surface area contributed by atoms with E-state index in [-0.39, 0.29) is 29.7 Å². The highest BCUT2D eigenvalue weighted by atomic mass is 127. The largest absolute Gasteiger partial charge is 0.573 e. The predicted molar refractivity (Wildman–Crippen MR) is 107 cm³/mol. The number of piperidine rings is 1. The van der Waals surface area contributed by atoms with Crippen molar-refractivity contribution in [3.05, 3.63) is 29.8 Å². The zero-order valence-electron chi connectivity index (χ0n) is 14.8. The molecule has 5 nitrogen and oxygen atoms in total. The lowest BCUT2D eigenvalue weighted by Gasteiger charge is -2.35. The molecule has 1 saturated heterocycles. The molecule has 26 heavy (non-hydrogen) atoms. The van der Waals surface area contributed by atoms with Gasteiger partial charge in [0.1, 0.15) is 5.75 Å². The van der Waals surface area contributed by atoms with E-state index in [0.29, 0.717) is 18.5 Å². The molecule has 148 valence electrons. The summed E-state index contributed by atoms with van der Waals surface area (Å²) in [6.07, 6.45) is -1.07. The molecule has 0 amide bonds. The first-order chi connectivity index (χ1) is 11.9. The predicted octanol–water partition coefficient (Wildman–Crippen LogP) is 3.48. The number of nitrogens with two attached hydrogens (primary N) is 1. The van der Waals surface area contributed by atoms with Crippen molar-refractivity contribution in [2.45, 2.75) is 45.1 Å². The molecule has 1 aromatic rings. The van der Waals surface area contributed by atoms with Crippen LogP contribution in [-0.2, 0) is 6.54 Å². The summed E-state index contributed by atoms with van der Waals surface area (Å²) < 4.78 is 40.2. The van der Waals surface area contributed by atoms with Gasteiger partial charge in [-0.2, -0.15) is 0 Å². The molecule has 0 bridgehead atoms. The van der Waals surface area contributed by atoms with Gasteiger partial charge < -0.3 is 15.8 Å². The lowest BCUT2D eigenvalue weighted by molar-refractivity contribution is -0.274. The summed E-state index contributed by atoms with van der Waals surface area (Å²) >= 11 is 0. The standard InChI is InChI=1S/C17H25F3N4O.HI/c1-2-24-10-4-3-5-14(24)12-23-16(21)22-11-13-6-8-15(9-7-13)25-17(18,19)20;/h6-9,14H,2-5,10-12H2,1H3,(H3,21,22,23);1H. The van der Waals surface area contributed by atoms with E-state index in [1.54, 1.807) is 0 Å². The molecule has 1 heterocycles. The number of guanidine groups is 1. The molecule has 1 fully saturated rings. The van der Waals surface area contributed by atoms with Crippen molar-refractivity contribution in [1.29, 1.82) is 0 Å². The summed E-state index contributed by atoms with van der Waals surface area (Å²) in [5, 5.41) is 3.14. The van der Waals surface area contributed by atoms with Crippen molar-refractivity contribution >= 4 is 29.9 Å². The normalized spacial score (nSPS) is 18.9. The van der Waals surface area contributed by atoms with Gasteiger partial charge in [-0.05, 0) is 43.6 Å². The number of rotatable bonds is 6. The van der Waals surface area contributed by atoms with Crippen molar-refractivity contribution in [2.24, 2.45) is 10.7 Å². The van der Waals surface area contributed by atoms with E-state index in [4.69, 9.17) is 5.73 Å². The molecule has 1 aromatic carbocycles. The summed E-state index contributed by atoms with van der Waals surface area (Å²) in [5.41, 5.74) is 6.64. The monoisotopic (exact) mass is 486 g/mol. The van der Waals surface area contributed by atoms with Crippen molar-refractivity contribution < 1.29 is 17.9 Å². The van der Waals surface area contributed by atoms with E-state index >= 15 is 0 Å². The Labute approximate surface area is 169 Å². The van der Waals surface area contributed by atoms with Crippen molar-refractivity contribution in [2.75, 3.05) is 19.6 Å². The molecule has 3 N–H and O–H groups in total.